The first-order chi connectivity index (χ1) is 8.63. The topological polar surface area (TPSA) is 68.3 Å². The normalized spacial score (nSPS) is 11.1. The van der Waals surface area contributed by atoms with Crippen LogP contribution >= 0.6 is 11.8 Å². The van der Waals surface area contributed by atoms with Crippen molar-refractivity contribution in [3.8, 4) is 0 Å². The van der Waals surface area contributed by atoms with Gasteiger partial charge in [-0.25, -0.2) is 5.84 Å². The first kappa shape index (κ1) is 13.0. The largest absolute Gasteiger partial charge is 0.451 e. The first-order valence-electron chi connectivity index (χ1n) is 5.76. The van der Waals surface area contributed by atoms with Gasteiger partial charge in [-0.15, -0.1) is 0 Å². The minimum atomic E-state index is -0.384. The van der Waals surface area contributed by atoms with Gasteiger partial charge in [-0.05, 0) is 11.3 Å². The number of hydrogen-bond donors (Lipinski definition) is 2. The summed E-state index contributed by atoms with van der Waals surface area (Å²) in [5.41, 5.74) is 3.76. The average Bonchev–Trinajstić information content (AvgIpc) is 2.74. The molecule has 96 valence electrons. The number of nitrogens with two attached hydrogens (primary N) is 1. The summed E-state index contributed by atoms with van der Waals surface area (Å²) < 4.78 is 5.58. The number of hydrogen-bond acceptors (Lipinski definition) is 4. The second-order valence-corrected chi connectivity index (χ2v) is 5.80. The molecule has 3 N–H and O–H groups in total. The molecule has 1 heterocycles. The molecule has 2 aromatic rings. The van der Waals surface area contributed by atoms with Gasteiger partial charge in [-0.2, -0.15) is 11.8 Å². The van der Waals surface area contributed by atoms with E-state index in [1.807, 2.05) is 24.3 Å². The van der Waals surface area contributed by atoms with E-state index >= 15 is 0 Å². The van der Waals surface area contributed by atoms with E-state index in [2.05, 4.69) is 19.3 Å². The van der Waals surface area contributed by atoms with E-state index in [0.29, 0.717) is 11.0 Å². The second kappa shape index (κ2) is 5.46. The Morgan fingerprint density at radius 2 is 2.17 bits per heavy atom. The Hall–Kier alpha value is -1.46. The number of benzene rings is 1. The molecule has 0 aliphatic heterocycles. The number of nitrogen functional groups attached to an aromatic ring is 1. The Morgan fingerprint density at radius 1 is 1.44 bits per heavy atom. The average molecular weight is 264 g/mol. The van der Waals surface area contributed by atoms with Crippen molar-refractivity contribution < 1.29 is 9.21 Å². The Balaban J connectivity index is 2.47. The van der Waals surface area contributed by atoms with Crippen molar-refractivity contribution in [2.45, 2.75) is 24.9 Å². The van der Waals surface area contributed by atoms with Gasteiger partial charge in [-0.3, -0.25) is 10.2 Å². The highest BCUT2D eigenvalue weighted by molar-refractivity contribution is 7.99. The van der Waals surface area contributed by atoms with E-state index in [1.165, 1.54) is 0 Å². The summed E-state index contributed by atoms with van der Waals surface area (Å²) in [4.78, 5) is 11.7. The fourth-order valence-electron chi connectivity index (χ4n) is 1.74. The molecule has 18 heavy (non-hydrogen) atoms. The lowest BCUT2D eigenvalue weighted by molar-refractivity contribution is 0.0927. The van der Waals surface area contributed by atoms with Crippen LogP contribution in [0.4, 0.5) is 0 Å². The summed E-state index contributed by atoms with van der Waals surface area (Å²) in [5, 5.41) is 1.47. The molecular weight excluding hydrogens is 248 g/mol. The number of rotatable bonds is 4. The highest BCUT2D eigenvalue weighted by Gasteiger charge is 2.19. The molecule has 1 amide bonds. The molecule has 4 nitrogen and oxygen atoms in total. The van der Waals surface area contributed by atoms with Crippen LogP contribution in [-0.4, -0.2) is 11.2 Å². The van der Waals surface area contributed by atoms with Crippen molar-refractivity contribution in [1.29, 1.82) is 0 Å². The summed E-state index contributed by atoms with van der Waals surface area (Å²) in [6, 6.07) is 7.63. The Bertz CT molecular complexity index is 563. The van der Waals surface area contributed by atoms with Gasteiger partial charge in [0.25, 0.3) is 0 Å². The predicted octanol–water partition coefficient (Wildman–Crippen LogP) is 2.68. The number of amides is 1. The third kappa shape index (κ3) is 2.52. The minimum absolute atomic E-state index is 0.312. The second-order valence-electron chi connectivity index (χ2n) is 4.24. The molecule has 0 bridgehead atoms. The van der Waals surface area contributed by atoms with E-state index in [4.69, 9.17) is 10.3 Å². The Labute approximate surface area is 110 Å². The van der Waals surface area contributed by atoms with Crippen LogP contribution in [-0.2, 0) is 5.75 Å². The molecule has 0 aliphatic rings. The first-order valence-corrected chi connectivity index (χ1v) is 6.81. The van der Waals surface area contributed by atoms with Gasteiger partial charge >= 0.3 is 5.91 Å². The van der Waals surface area contributed by atoms with Gasteiger partial charge in [0.05, 0.1) is 0 Å². The lowest BCUT2D eigenvalue weighted by Crippen LogP contribution is -2.30. The van der Waals surface area contributed by atoms with Gasteiger partial charge in [0.2, 0.25) is 0 Å². The van der Waals surface area contributed by atoms with E-state index < -0.39 is 0 Å². The van der Waals surface area contributed by atoms with Crippen LogP contribution in [0.3, 0.4) is 0 Å². The number of carbonyl (C=O) groups is 1. The SMILES string of the molecule is CC(C)SCc1c(C(=O)NN)oc2ccccc12. The molecule has 0 saturated heterocycles. The molecule has 0 aliphatic carbocycles. The van der Waals surface area contributed by atoms with Crippen LogP contribution in [0.5, 0.6) is 0 Å². The summed E-state index contributed by atoms with van der Waals surface area (Å²) in [6.07, 6.45) is 0. The van der Waals surface area contributed by atoms with Crippen molar-refractivity contribution >= 4 is 28.6 Å². The third-order valence-electron chi connectivity index (χ3n) is 2.60. The number of nitrogens with one attached hydrogen (secondary N) is 1. The van der Waals surface area contributed by atoms with E-state index in [9.17, 15) is 4.79 Å². The van der Waals surface area contributed by atoms with E-state index in [-0.39, 0.29) is 5.91 Å². The molecule has 2 rings (SSSR count). The molecule has 0 fully saturated rings. The Morgan fingerprint density at radius 3 is 2.83 bits per heavy atom. The lowest BCUT2D eigenvalue weighted by atomic mass is 10.1. The van der Waals surface area contributed by atoms with E-state index in [0.717, 1.165) is 22.3 Å². The van der Waals surface area contributed by atoms with Gasteiger partial charge < -0.3 is 4.42 Å². The zero-order valence-corrected chi connectivity index (χ0v) is 11.2. The van der Waals surface area contributed by atoms with Crippen LogP contribution in [0.25, 0.3) is 11.0 Å². The molecule has 1 aromatic heterocycles. The summed E-state index contributed by atoms with van der Waals surface area (Å²) in [5.74, 6) is 5.85. The number of carbonyl (C=O) groups excluding carboxylic acids is 1. The molecule has 0 unspecified atom stereocenters. The zero-order chi connectivity index (χ0) is 13.1. The van der Waals surface area contributed by atoms with Crippen LogP contribution < -0.4 is 11.3 Å². The van der Waals surface area contributed by atoms with Crippen molar-refractivity contribution in [3.63, 3.8) is 0 Å². The van der Waals surface area contributed by atoms with Crippen molar-refractivity contribution in [2.24, 2.45) is 5.84 Å². The fourth-order valence-corrected chi connectivity index (χ4v) is 2.53. The number of fused-ring (bicyclic) bond motifs is 1. The Kier molecular flexibility index (Phi) is 3.93. The number of furan rings is 1. The molecule has 0 atom stereocenters. The lowest BCUT2D eigenvalue weighted by Gasteiger charge is -2.05. The highest BCUT2D eigenvalue weighted by atomic mass is 32.2. The standard InChI is InChI=1S/C13H16N2O2S/c1-8(2)18-7-10-9-5-3-4-6-11(9)17-12(10)13(16)15-14/h3-6,8H,7,14H2,1-2H3,(H,15,16). The van der Waals surface area contributed by atoms with Crippen molar-refractivity contribution in [1.82, 2.24) is 5.43 Å². The van der Waals surface area contributed by atoms with Gasteiger partial charge in [0, 0.05) is 16.7 Å². The number of para-hydroxylation sites is 1. The fraction of sp³-hybridized carbons (Fsp3) is 0.308. The van der Waals surface area contributed by atoms with Crippen LogP contribution in [0.1, 0.15) is 30.0 Å². The van der Waals surface area contributed by atoms with Gasteiger partial charge in [-0.1, -0.05) is 32.0 Å². The monoisotopic (exact) mass is 264 g/mol. The molecule has 0 spiro atoms. The van der Waals surface area contributed by atoms with E-state index in [1.54, 1.807) is 11.8 Å². The summed E-state index contributed by atoms with van der Waals surface area (Å²) in [6.45, 7) is 4.24. The quantitative estimate of drug-likeness (QED) is 0.506. The smallest absolute Gasteiger partial charge is 0.301 e. The molecular formula is C13H16N2O2S. The minimum Gasteiger partial charge on any atom is -0.451 e. The molecule has 1 aromatic carbocycles. The van der Waals surface area contributed by atoms with Gasteiger partial charge in [0.1, 0.15) is 5.58 Å². The number of hydrazine groups is 1. The molecule has 0 saturated carbocycles. The summed E-state index contributed by atoms with van der Waals surface area (Å²) >= 11 is 1.77. The zero-order valence-electron chi connectivity index (χ0n) is 10.4. The van der Waals surface area contributed by atoms with Gasteiger partial charge in [0.15, 0.2) is 5.76 Å². The third-order valence-corrected chi connectivity index (χ3v) is 3.72. The van der Waals surface area contributed by atoms with Crippen LogP contribution in [0.2, 0.25) is 0 Å². The summed E-state index contributed by atoms with van der Waals surface area (Å²) in [7, 11) is 0. The van der Waals surface area contributed by atoms with Crippen molar-refractivity contribution in [2.75, 3.05) is 0 Å². The predicted molar refractivity (Wildman–Crippen MR) is 74.3 cm³/mol. The molecule has 5 heteroatoms. The number of thioether (sulfide) groups is 1. The van der Waals surface area contributed by atoms with Crippen LogP contribution in [0, 0.1) is 0 Å². The van der Waals surface area contributed by atoms with Crippen molar-refractivity contribution in [3.05, 3.63) is 35.6 Å². The highest BCUT2D eigenvalue weighted by Crippen LogP contribution is 2.30. The maximum atomic E-state index is 11.7. The molecule has 0 radical (unpaired) electrons. The maximum absolute atomic E-state index is 11.7. The van der Waals surface area contributed by atoms with Crippen LogP contribution in [0.15, 0.2) is 28.7 Å². The maximum Gasteiger partial charge on any atom is 0.301 e.